The van der Waals surface area contributed by atoms with Crippen LogP contribution in [0.3, 0.4) is 0 Å². The van der Waals surface area contributed by atoms with Crippen LogP contribution in [-0.4, -0.2) is 27.0 Å². The smallest absolute Gasteiger partial charge is 0.301 e. The molecule has 1 unspecified atom stereocenters. The van der Waals surface area contributed by atoms with E-state index in [-0.39, 0.29) is 16.3 Å². The first-order valence-electron chi connectivity index (χ1n) is 11.3. The summed E-state index contributed by atoms with van der Waals surface area (Å²) in [5.41, 5.74) is 2.56. The second-order valence-electron chi connectivity index (χ2n) is 8.46. The number of rotatable bonds is 6. The Morgan fingerprint density at radius 3 is 2.45 bits per heavy atom. The first-order valence-corrected chi connectivity index (χ1v) is 13.8. The molecule has 192 valence electrons. The van der Waals surface area contributed by atoms with Crippen LogP contribution in [0.2, 0.25) is 10.0 Å². The molecule has 1 saturated heterocycles. The maximum Gasteiger partial charge on any atom is 0.301 e. The maximum atomic E-state index is 13.5. The van der Waals surface area contributed by atoms with Gasteiger partial charge in [0, 0.05) is 21.4 Å². The molecule has 4 aromatic rings. The molecule has 0 spiro atoms. The van der Waals surface area contributed by atoms with Crippen molar-refractivity contribution in [3.05, 3.63) is 110 Å². The molecular formula is C27H18Cl2FN3O3S2. The second-order valence-corrected chi connectivity index (χ2v) is 11.5. The number of amides is 1. The van der Waals surface area contributed by atoms with Crippen molar-refractivity contribution in [2.75, 3.05) is 4.90 Å². The van der Waals surface area contributed by atoms with Gasteiger partial charge in [0.15, 0.2) is 4.34 Å². The number of aliphatic hydroxyl groups excluding tert-OH is 1. The summed E-state index contributed by atoms with van der Waals surface area (Å²) in [6.45, 7) is 1.92. The van der Waals surface area contributed by atoms with E-state index in [0.29, 0.717) is 25.7 Å². The minimum absolute atomic E-state index is 0.109. The van der Waals surface area contributed by atoms with Gasteiger partial charge in [-0.1, -0.05) is 82.2 Å². The van der Waals surface area contributed by atoms with Gasteiger partial charge in [0.1, 0.15) is 11.6 Å². The van der Waals surface area contributed by atoms with Gasteiger partial charge in [-0.3, -0.25) is 14.5 Å². The molecule has 1 aliphatic heterocycles. The predicted molar refractivity (Wildman–Crippen MR) is 148 cm³/mol. The third-order valence-electron chi connectivity index (χ3n) is 5.92. The van der Waals surface area contributed by atoms with Crippen LogP contribution in [-0.2, 0) is 15.3 Å². The molecule has 0 aliphatic carbocycles. The molecule has 5 rings (SSSR count). The van der Waals surface area contributed by atoms with Crippen molar-refractivity contribution in [1.82, 2.24) is 10.2 Å². The van der Waals surface area contributed by atoms with Crippen LogP contribution in [0, 0.1) is 12.7 Å². The second kappa shape index (κ2) is 10.9. The van der Waals surface area contributed by atoms with Crippen molar-refractivity contribution in [3.8, 4) is 0 Å². The number of carbonyl (C=O) groups is 2. The Labute approximate surface area is 235 Å². The molecule has 1 N–H and O–H groups in total. The Kier molecular flexibility index (Phi) is 7.54. The number of hydrogen-bond donors (Lipinski definition) is 1. The number of aromatic nitrogens is 2. The minimum atomic E-state index is -0.947. The zero-order valence-corrected chi connectivity index (χ0v) is 22.8. The average molecular weight is 586 g/mol. The van der Waals surface area contributed by atoms with E-state index in [9.17, 15) is 19.1 Å². The topological polar surface area (TPSA) is 83.4 Å². The number of nitrogens with zero attached hydrogens (tertiary/aromatic N) is 3. The summed E-state index contributed by atoms with van der Waals surface area (Å²) in [6, 6.07) is 16.6. The first-order chi connectivity index (χ1) is 18.2. The maximum absolute atomic E-state index is 13.5. The van der Waals surface area contributed by atoms with Crippen molar-refractivity contribution < 1.29 is 19.1 Å². The fraction of sp³-hybridized carbons (Fsp3) is 0.111. The van der Waals surface area contributed by atoms with Gasteiger partial charge in [-0.15, -0.1) is 10.2 Å². The summed E-state index contributed by atoms with van der Waals surface area (Å²) in [5.74, 6) is -2.10. The van der Waals surface area contributed by atoms with E-state index in [2.05, 4.69) is 10.2 Å². The molecule has 1 aliphatic rings. The molecule has 38 heavy (non-hydrogen) atoms. The van der Waals surface area contributed by atoms with Crippen LogP contribution in [0.25, 0.3) is 5.76 Å². The van der Waals surface area contributed by atoms with E-state index in [1.165, 1.54) is 40.9 Å². The number of aryl methyl sites for hydroxylation is 1. The number of Topliss-reactive ketones (excluding diaryl/α,β-unsaturated/α-hetero) is 1. The molecule has 6 nitrogen and oxygen atoms in total. The highest BCUT2D eigenvalue weighted by molar-refractivity contribution is 8.00. The number of halogens is 3. The van der Waals surface area contributed by atoms with E-state index in [1.807, 2.05) is 25.1 Å². The number of carbonyl (C=O) groups excluding carboxylic acids is 2. The lowest BCUT2D eigenvalue weighted by atomic mass is 9.95. The Hall–Kier alpha value is -3.24. The summed E-state index contributed by atoms with van der Waals surface area (Å²) in [6.07, 6.45) is 0. The molecule has 11 heteroatoms. The lowest BCUT2D eigenvalue weighted by Gasteiger charge is -2.22. The number of hydrogen-bond acceptors (Lipinski definition) is 7. The van der Waals surface area contributed by atoms with E-state index in [1.54, 1.807) is 24.3 Å². The number of anilines is 1. The number of benzene rings is 3. The van der Waals surface area contributed by atoms with E-state index in [4.69, 9.17) is 23.2 Å². The van der Waals surface area contributed by atoms with Gasteiger partial charge in [0.25, 0.3) is 5.78 Å². The highest BCUT2D eigenvalue weighted by atomic mass is 35.5. The van der Waals surface area contributed by atoms with Crippen molar-refractivity contribution in [2.24, 2.45) is 0 Å². The number of aliphatic hydroxyl groups is 1. The first kappa shape index (κ1) is 26.4. The zero-order valence-electron chi connectivity index (χ0n) is 19.7. The summed E-state index contributed by atoms with van der Waals surface area (Å²) in [7, 11) is 0. The minimum Gasteiger partial charge on any atom is -0.507 e. The lowest BCUT2D eigenvalue weighted by molar-refractivity contribution is -0.132. The standard InChI is InChI=1S/C27H18Cl2FN3O3S2/c1-14-2-4-15(5-3-14)22-21(23(34)16-7-10-19(30)11-8-16)24(35)25(36)33(22)26-31-32-27(38-26)37-13-17-6-9-18(28)12-20(17)29/h2-12,22,34H,13H2,1H3/b23-21-. The number of ketones is 1. The summed E-state index contributed by atoms with van der Waals surface area (Å²) < 4.78 is 14.1. The van der Waals surface area contributed by atoms with Gasteiger partial charge in [0.2, 0.25) is 5.13 Å². The van der Waals surface area contributed by atoms with Crippen molar-refractivity contribution >= 4 is 68.9 Å². The highest BCUT2D eigenvalue weighted by Gasteiger charge is 2.48. The molecule has 3 aromatic carbocycles. The molecule has 1 fully saturated rings. The van der Waals surface area contributed by atoms with Gasteiger partial charge in [0.05, 0.1) is 11.6 Å². The monoisotopic (exact) mass is 585 g/mol. The number of thioether (sulfide) groups is 1. The molecule has 2 heterocycles. The Morgan fingerprint density at radius 2 is 1.76 bits per heavy atom. The van der Waals surface area contributed by atoms with Crippen molar-refractivity contribution in [3.63, 3.8) is 0 Å². The van der Waals surface area contributed by atoms with Crippen LogP contribution in [0.1, 0.15) is 28.3 Å². The van der Waals surface area contributed by atoms with Crippen LogP contribution in [0.15, 0.2) is 76.6 Å². The van der Waals surface area contributed by atoms with Gasteiger partial charge < -0.3 is 5.11 Å². The quantitative estimate of drug-likeness (QED) is 0.0845. The molecular weight excluding hydrogens is 568 g/mol. The molecule has 0 radical (unpaired) electrons. The third-order valence-corrected chi connectivity index (χ3v) is 8.61. The third kappa shape index (κ3) is 5.19. The van der Waals surface area contributed by atoms with Crippen LogP contribution in [0.5, 0.6) is 0 Å². The van der Waals surface area contributed by atoms with Crippen LogP contribution in [0.4, 0.5) is 9.52 Å². The Balaban J connectivity index is 1.52. The Morgan fingerprint density at radius 1 is 1.05 bits per heavy atom. The zero-order chi connectivity index (χ0) is 27.0. The van der Waals surface area contributed by atoms with Gasteiger partial charge in [-0.25, -0.2) is 4.39 Å². The summed E-state index contributed by atoms with van der Waals surface area (Å²) in [4.78, 5) is 27.8. The van der Waals surface area contributed by atoms with Crippen LogP contribution < -0.4 is 4.90 Å². The highest BCUT2D eigenvalue weighted by Crippen LogP contribution is 2.44. The summed E-state index contributed by atoms with van der Waals surface area (Å²) in [5, 5.41) is 20.8. The molecule has 1 atom stereocenters. The van der Waals surface area contributed by atoms with Crippen molar-refractivity contribution in [2.45, 2.75) is 23.1 Å². The molecule has 0 bridgehead atoms. The van der Waals surface area contributed by atoms with Gasteiger partial charge in [-0.2, -0.15) is 0 Å². The molecule has 1 amide bonds. The molecule has 1 aromatic heterocycles. The summed E-state index contributed by atoms with van der Waals surface area (Å²) >= 11 is 14.8. The predicted octanol–water partition coefficient (Wildman–Crippen LogP) is 7.21. The largest absolute Gasteiger partial charge is 0.507 e. The lowest BCUT2D eigenvalue weighted by Crippen LogP contribution is -2.29. The SMILES string of the molecule is Cc1ccc(C2/C(=C(/O)c3ccc(F)cc3)C(=O)C(=O)N2c2nnc(SCc3ccc(Cl)cc3Cl)s2)cc1. The van der Waals surface area contributed by atoms with Crippen molar-refractivity contribution in [1.29, 1.82) is 0 Å². The fourth-order valence-corrected chi connectivity index (χ4v) is 6.42. The Bertz CT molecular complexity index is 1570. The van der Waals surface area contributed by atoms with E-state index >= 15 is 0 Å². The van der Waals surface area contributed by atoms with Crippen LogP contribution >= 0.6 is 46.3 Å². The van der Waals surface area contributed by atoms with Gasteiger partial charge in [-0.05, 0) is 54.4 Å². The fourth-order valence-electron chi connectivity index (χ4n) is 3.99. The van der Waals surface area contributed by atoms with E-state index < -0.39 is 29.3 Å². The molecule has 0 saturated carbocycles. The van der Waals surface area contributed by atoms with Gasteiger partial charge >= 0.3 is 5.91 Å². The average Bonchev–Trinajstić information content (AvgIpc) is 3.46. The van der Waals surface area contributed by atoms with E-state index in [0.717, 1.165) is 22.5 Å². The normalized spacial score (nSPS) is 16.8.